The second kappa shape index (κ2) is 10.5. The van der Waals surface area contributed by atoms with Gasteiger partial charge in [0, 0.05) is 29.0 Å². The van der Waals surface area contributed by atoms with Gasteiger partial charge in [0.05, 0.1) is 25.7 Å². The van der Waals surface area contributed by atoms with Crippen LogP contribution in [-0.2, 0) is 14.3 Å². The van der Waals surface area contributed by atoms with E-state index in [1.807, 2.05) is 43.3 Å². The third-order valence-electron chi connectivity index (χ3n) is 6.07. The highest BCUT2D eigenvalue weighted by atomic mass is 16.6. The van der Waals surface area contributed by atoms with Crippen LogP contribution in [0.25, 0.3) is 0 Å². The van der Waals surface area contributed by atoms with Crippen LogP contribution in [0.1, 0.15) is 37.7 Å². The molecule has 0 radical (unpaired) electrons. The molecule has 7 heteroatoms. The average molecular weight is 464 g/mol. The zero-order valence-electron chi connectivity index (χ0n) is 19.7. The van der Waals surface area contributed by atoms with Crippen LogP contribution in [0, 0.1) is 0 Å². The topological polar surface area (TPSA) is 83.1 Å². The van der Waals surface area contributed by atoms with E-state index in [1.165, 1.54) is 0 Å². The lowest BCUT2D eigenvalue weighted by Crippen LogP contribution is -2.34. The van der Waals surface area contributed by atoms with Gasteiger partial charge in [0.2, 0.25) is 0 Å². The summed E-state index contributed by atoms with van der Waals surface area (Å²) in [6, 6.07) is 14.7. The highest BCUT2D eigenvalue weighted by Crippen LogP contribution is 2.46. The zero-order valence-corrected chi connectivity index (χ0v) is 19.7. The molecular weight excluding hydrogens is 434 g/mol. The molecule has 1 heterocycles. The maximum absolute atomic E-state index is 13.4. The summed E-state index contributed by atoms with van der Waals surface area (Å²) in [5.41, 5.74) is 3.19. The number of nitrogens with one attached hydrogen (secondary N) is 1. The maximum Gasteiger partial charge on any atom is 0.336 e. The number of benzene rings is 2. The van der Waals surface area contributed by atoms with Crippen LogP contribution >= 0.6 is 0 Å². The number of methoxy groups -OCH3 is 2. The lowest BCUT2D eigenvalue weighted by Gasteiger charge is -2.34. The molecule has 1 aliphatic carbocycles. The van der Waals surface area contributed by atoms with E-state index in [0.29, 0.717) is 46.1 Å². The van der Waals surface area contributed by atoms with Crippen LogP contribution in [0.5, 0.6) is 17.2 Å². The Balaban J connectivity index is 1.64. The van der Waals surface area contributed by atoms with Gasteiger partial charge in [-0.2, -0.15) is 0 Å². The predicted octanol–water partition coefficient (Wildman–Crippen LogP) is 4.29. The van der Waals surface area contributed by atoms with Crippen molar-refractivity contribution in [2.45, 2.75) is 32.1 Å². The average Bonchev–Trinajstić information content (AvgIpc) is 2.86. The maximum atomic E-state index is 13.4. The molecule has 0 bridgehead atoms. The summed E-state index contributed by atoms with van der Waals surface area (Å²) in [4.78, 5) is 26.5. The number of dihydropyridines is 1. The Morgan fingerprint density at radius 1 is 1.00 bits per heavy atom. The van der Waals surface area contributed by atoms with Gasteiger partial charge in [-0.1, -0.05) is 18.2 Å². The van der Waals surface area contributed by atoms with E-state index >= 15 is 0 Å². The molecule has 34 heavy (non-hydrogen) atoms. The molecule has 0 amide bonds. The molecule has 4 rings (SSSR count). The lowest BCUT2D eigenvalue weighted by molar-refractivity contribution is -0.140. The standard InChI is InChI=1S/C27H29NO6/c1-17-24(27(30)34-15-14-33-18-8-5-4-6-9-18)25(26-21(28-17)10-7-11-22(26)29)20-16-19(31-2)12-13-23(20)32-3/h4-6,8-9,12-13,16,25,28H,7,10-11,14-15H2,1-3H3. The molecule has 1 unspecified atom stereocenters. The molecule has 2 aromatic carbocycles. The number of hydrogen-bond acceptors (Lipinski definition) is 7. The van der Waals surface area contributed by atoms with Gasteiger partial charge in [-0.25, -0.2) is 4.79 Å². The largest absolute Gasteiger partial charge is 0.497 e. The first kappa shape index (κ1) is 23.4. The molecule has 0 aromatic heterocycles. The van der Waals surface area contributed by atoms with E-state index < -0.39 is 11.9 Å². The number of Topliss-reactive ketones (excluding diaryl/α,β-unsaturated/α-hetero) is 1. The van der Waals surface area contributed by atoms with Gasteiger partial charge >= 0.3 is 5.97 Å². The molecule has 2 aromatic rings. The number of ether oxygens (including phenoxy) is 4. The van der Waals surface area contributed by atoms with Crippen molar-refractivity contribution in [2.24, 2.45) is 0 Å². The molecule has 2 aliphatic rings. The van der Waals surface area contributed by atoms with Crippen LogP contribution in [0.3, 0.4) is 0 Å². The van der Waals surface area contributed by atoms with Crippen molar-refractivity contribution in [1.29, 1.82) is 0 Å². The zero-order chi connectivity index (χ0) is 24.1. The van der Waals surface area contributed by atoms with Crippen LogP contribution in [0.2, 0.25) is 0 Å². The minimum atomic E-state index is -0.614. The minimum absolute atomic E-state index is 0.0221. The fourth-order valence-electron chi connectivity index (χ4n) is 4.52. The van der Waals surface area contributed by atoms with Gasteiger partial charge < -0.3 is 24.3 Å². The number of ketones is 1. The first-order valence-corrected chi connectivity index (χ1v) is 11.3. The number of para-hydroxylation sites is 1. The first-order valence-electron chi connectivity index (χ1n) is 11.3. The van der Waals surface area contributed by atoms with E-state index in [0.717, 1.165) is 18.5 Å². The van der Waals surface area contributed by atoms with Crippen LogP contribution in [-0.4, -0.2) is 39.2 Å². The minimum Gasteiger partial charge on any atom is -0.497 e. The number of allylic oxidation sites excluding steroid dienone is 3. The highest BCUT2D eigenvalue weighted by molar-refractivity contribution is 6.04. The van der Waals surface area contributed by atoms with Gasteiger partial charge in [0.25, 0.3) is 0 Å². The fraction of sp³-hybridized carbons (Fsp3) is 0.333. The van der Waals surface area contributed by atoms with Gasteiger partial charge in [-0.05, 0) is 50.1 Å². The summed E-state index contributed by atoms with van der Waals surface area (Å²) >= 11 is 0. The third-order valence-corrected chi connectivity index (χ3v) is 6.07. The van der Waals surface area contributed by atoms with Gasteiger partial charge in [0.15, 0.2) is 5.78 Å². The highest BCUT2D eigenvalue weighted by Gasteiger charge is 2.40. The van der Waals surface area contributed by atoms with Crippen LogP contribution < -0.4 is 19.5 Å². The monoisotopic (exact) mass is 463 g/mol. The van der Waals surface area contributed by atoms with Crippen molar-refractivity contribution in [3.8, 4) is 17.2 Å². The van der Waals surface area contributed by atoms with E-state index in [-0.39, 0.29) is 19.0 Å². The molecule has 1 atom stereocenters. The smallest absolute Gasteiger partial charge is 0.336 e. The van der Waals surface area contributed by atoms with Crippen LogP contribution in [0.15, 0.2) is 71.1 Å². The van der Waals surface area contributed by atoms with Crippen molar-refractivity contribution < 1.29 is 28.5 Å². The summed E-state index contributed by atoms with van der Waals surface area (Å²) in [5.74, 6) is 0.798. The summed E-state index contributed by atoms with van der Waals surface area (Å²) < 4.78 is 22.3. The van der Waals surface area contributed by atoms with E-state index in [9.17, 15) is 9.59 Å². The Hall–Kier alpha value is -3.74. The summed E-state index contributed by atoms with van der Waals surface area (Å²) in [7, 11) is 3.15. The first-order chi connectivity index (χ1) is 16.5. The molecule has 0 spiro atoms. The van der Waals surface area contributed by atoms with Crippen molar-refractivity contribution in [3.63, 3.8) is 0 Å². The second-order valence-corrected chi connectivity index (χ2v) is 8.17. The number of esters is 1. The van der Waals surface area contributed by atoms with Crippen molar-refractivity contribution >= 4 is 11.8 Å². The molecule has 7 nitrogen and oxygen atoms in total. The Kier molecular flexibility index (Phi) is 7.21. The molecule has 0 saturated carbocycles. The number of carbonyl (C=O) groups excluding carboxylic acids is 2. The van der Waals surface area contributed by atoms with Crippen molar-refractivity contribution in [3.05, 3.63) is 76.6 Å². The van der Waals surface area contributed by atoms with Gasteiger partial charge in [-0.15, -0.1) is 0 Å². The van der Waals surface area contributed by atoms with E-state index in [4.69, 9.17) is 18.9 Å². The van der Waals surface area contributed by atoms with E-state index in [1.54, 1.807) is 26.4 Å². The van der Waals surface area contributed by atoms with Gasteiger partial charge in [-0.3, -0.25) is 4.79 Å². The second-order valence-electron chi connectivity index (χ2n) is 8.17. The van der Waals surface area contributed by atoms with E-state index in [2.05, 4.69) is 5.32 Å². The normalized spacial score (nSPS) is 17.6. The van der Waals surface area contributed by atoms with Crippen molar-refractivity contribution in [2.75, 3.05) is 27.4 Å². The Bertz CT molecular complexity index is 1140. The van der Waals surface area contributed by atoms with Crippen molar-refractivity contribution in [1.82, 2.24) is 5.32 Å². The fourth-order valence-corrected chi connectivity index (χ4v) is 4.52. The Labute approximate surface area is 199 Å². The molecule has 1 N–H and O–H groups in total. The number of rotatable bonds is 8. The molecule has 0 fully saturated rings. The summed E-state index contributed by atoms with van der Waals surface area (Å²) in [5, 5.41) is 3.30. The predicted molar refractivity (Wildman–Crippen MR) is 127 cm³/mol. The number of carbonyl (C=O) groups is 2. The SMILES string of the molecule is COc1ccc(OC)c(C2C(C(=O)OCCOc3ccccc3)=C(C)NC3=C2C(=O)CCC3)c1. The summed E-state index contributed by atoms with van der Waals surface area (Å²) in [6.07, 6.45) is 1.96. The quantitative estimate of drug-likeness (QED) is 0.462. The lowest BCUT2D eigenvalue weighted by atomic mass is 9.75. The molecule has 1 aliphatic heterocycles. The molecule has 178 valence electrons. The molecule has 0 saturated heterocycles. The molecular formula is C27H29NO6. The summed E-state index contributed by atoms with van der Waals surface area (Å²) in [6.45, 7) is 2.13. The van der Waals surface area contributed by atoms with Crippen LogP contribution in [0.4, 0.5) is 0 Å². The van der Waals surface area contributed by atoms with Gasteiger partial charge in [0.1, 0.15) is 30.5 Å². The Morgan fingerprint density at radius 3 is 2.53 bits per heavy atom. The third kappa shape index (κ3) is 4.78. The number of hydrogen-bond donors (Lipinski definition) is 1. The Morgan fingerprint density at radius 2 is 1.79 bits per heavy atom.